The normalized spacial score (nSPS) is 26.1. The first-order chi connectivity index (χ1) is 8.29. The van der Waals surface area contributed by atoms with Crippen molar-refractivity contribution in [1.29, 1.82) is 0 Å². The molecule has 0 aliphatic carbocycles. The van der Waals surface area contributed by atoms with E-state index in [4.69, 9.17) is 4.74 Å². The Morgan fingerprint density at radius 2 is 2.17 bits per heavy atom. The summed E-state index contributed by atoms with van der Waals surface area (Å²) in [5.74, 6) is -0.332. The monoisotopic (exact) mass is 268 g/mol. The van der Waals surface area contributed by atoms with Crippen molar-refractivity contribution < 1.29 is 22.7 Å². The first-order valence-corrected chi connectivity index (χ1v) is 5.99. The number of carbonyl (C=O) groups is 1. The molecular weight excluding hydrogens is 249 g/mol. The molecule has 1 aliphatic rings. The van der Waals surface area contributed by atoms with Crippen LogP contribution in [-0.4, -0.2) is 43.9 Å². The lowest BCUT2D eigenvalue weighted by atomic mass is 10.0. The van der Waals surface area contributed by atoms with E-state index in [1.807, 2.05) is 12.2 Å². The number of carbonyl (C=O) groups excluding carboxylic acids is 1. The van der Waals surface area contributed by atoms with E-state index in [1.54, 1.807) is 6.92 Å². The van der Waals surface area contributed by atoms with Crippen LogP contribution < -0.4 is 10.6 Å². The first kappa shape index (κ1) is 15.2. The van der Waals surface area contributed by atoms with Gasteiger partial charge in [0.1, 0.15) is 6.54 Å². The Labute approximate surface area is 104 Å². The van der Waals surface area contributed by atoms with Crippen molar-refractivity contribution in [3.05, 3.63) is 0 Å². The number of hydrogen-bond acceptors (Lipinski definition) is 3. The Bertz CT molecular complexity index is 284. The standard InChI is InChI=1S/C11H19F3N2O2/c1-7(10(17)16-6-11(12,13)14)15-5-9-3-4-18-8(9)2/h7-9,15H,3-6H2,1-2H3,(H,16,17). The molecule has 0 bridgehead atoms. The zero-order valence-electron chi connectivity index (χ0n) is 10.5. The first-order valence-electron chi connectivity index (χ1n) is 5.99. The zero-order valence-corrected chi connectivity index (χ0v) is 10.5. The lowest BCUT2D eigenvalue weighted by Gasteiger charge is -2.19. The highest BCUT2D eigenvalue weighted by Gasteiger charge is 2.29. The molecule has 7 heteroatoms. The molecule has 1 amide bonds. The van der Waals surface area contributed by atoms with Crippen LogP contribution in [0.2, 0.25) is 0 Å². The second-order valence-corrected chi connectivity index (χ2v) is 4.59. The van der Waals surface area contributed by atoms with Crippen molar-refractivity contribution in [2.24, 2.45) is 5.92 Å². The zero-order chi connectivity index (χ0) is 13.8. The maximum Gasteiger partial charge on any atom is 0.405 e. The molecule has 0 aromatic rings. The van der Waals surface area contributed by atoms with Gasteiger partial charge in [0, 0.05) is 13.2 Å². The lowest BCUT2D eigenvalue weighted by Crippen LogP contribution is -2.46. The van der Waals surface area contributed by atoms with Crippen LogP contribution in [0.5, 0.6) is 0 Å². The van der Waals surface area contributed by atoms with Crippen molar-refractivity contribution in [3.63, 3.8) is 0 Å². The number of rotatable bonds is 5. The van der Waals surface area contributed by atoms with Gasteiger partial charge in [0.2, 0.25) is 5.91 Å². The number of nitrogens with one attached hydrogen (secondary N) is 2. The van der Waals surface area contributed by atoms with Crippen molar-refractivity contribution in [3.8, 4) is 0 Å². The van der Waals surface area contributed by atoms with Crippen molar-refractivity contribution in [2.75, 3.05) is 19.7 Å². The second kappa shape index (κ2) is 6.38. The van der Waals surface area contributed by atoms with E-state index in [9.17, 15) is 18.0 Å². The van der Waals surface area contributed by atoms with E-state index in [1.165, 1.54) is 0 Å². The largest absolute Gasteiger partial charge is 0.405 e. The second-order valence-electron chi connectivity index (χ2n) is 4.59. The van der Waals surface area contributed by atoms with Gasteiger partial charge < -0.3 is 15.4 Å². The quantitative estimate of drug-likeness (QED) is 0.784. The van der Waals surface area contributed by atoms with E-state index in [-0.39, 0.29) is 6.10 Å². The average Bonchev–Trinajstić information content (AvgIpc) is 2.67. The van der Waals surface area contributed by atoms with Crippen LogP contribution in [0.15, 0.2) is 0 Å². The summed E-state index contributed by atoms with van der Waals surface area (Å²) in [6, 6.07) is -0.639. The van der Waals surface area contributed by atoms with Gasteiger partial charge in [0.25, 0.3) is 0 Å². The van der Waals surface area contributed by atoms with Crippen LogP contribution in [0.4, 0.5) is 13.2 Å². The molecule has 2 N–H and O–H groups in total. The van der Waals surface area contributed by atoms with Gasteiger partial charge in [0.05, 0.1) is 12.1 Å². The van der Waals surface area contributed by atoms with E-state index in [0.29, 0.717) is 19.1 Å². The molecule has 3 unspecified atom stereocenters. The molecule has 1 saturated heterocycles. The SMILES string of the molecule is CC(NCC1CCOC1C)C(=O)NCC(F)(F)F. The Morgan fingerprint density at radius 1 is 1.50 bits per heavy atom. The highest BCUT2D eigenvalue weighted by Crippen LogP contribution is 2.19. The van der Waals surface area contributed by atoms with Crippen molar-refractivity contribution >= 4 is 5.91 Å². The number of amides is 1. The van der Waals surface area contributed by atoms with Crippen molar-refractivity contribution in [2.45, 2.75) is 38.6 Å². The summed E-state index contributed by atoms with van der Waals surface area (Å²) in [6.45, 7) is 3.48. The molecule has 0 radical (unpaired) electrons. The fraction of sp³-hybridized carbons (Fsp3) is 0.909. The molecule has 3 atom stereocenters. The maximum absolute atomic E-state index is 11.9. The number of halogens is 3. The molecule has 1 rings (SSSR count). The fourth-order valence-corrected chi connectivity index (χ4v) is 1.81. The van der Waals surface area contributed by atoms with Crippen LogP contribution in [0.1, 0.15) is 20.3 Å². The summed E-state index contributed by atoms with van der Waals surface area (Å²) in [7, 11) is 0. The third kappa shape index (κ3) is 5.22. The minimum atomic E-state index is -4.37. The van der Waals surface area contributed by atoms with Gasteiger partial charge in [-0.1, -0.05) is 0 Å². The van der Waals surface area contributed by atoms with Gasteiger partial charge >= 0.3 is 6.18 Å². The molecule has 1 fully saturated rings. The highest BCUT2D eigenvalue weighted by atomic mass is 19.4. The maximum atomic E-state index is 11.9. The third-order valence-electron chi connectivity index (χ3n) is 3.08. The Morgan fingerprint density at radius 3 is 2.67 bits per heavy atom. The fourth-order valence-electron chi connectivity index (χ4n) is 1.81. The molecular formula is C11H19F3N2O2. The van der Waals surface area contributed by atoms with Crippen LogP contribution in [0, 0.1) is 5.92 Å². The summed E-state index contributed by atoms with van der Waals surface area (Å²) in [6.07, 6.45) is -3.34. The number of ether oxygens (including phenoxy) is 1. The molecule has 106 valence electrons. The third-order valence-corrected chi connectivity index (χ3v) is 3.08. The van der Waals surface area contributed by atoms with Crippen LogP contribution in [0.3, 0.4) is 0 Å². The number of hydrogen-bond donors (Lipinski definition) is 2. The average molecular weight is 268 g/mol. The van der Waals surface area contributed by atoms with Crippen LogP contribution in [0.25, 0.3) is 0 Å². The minimum Gasteiger partial charge on any atom is -0.378 e. The Kier molecular flexibility index (Phi) is 5.40. The molecule has 0 aromatic carbocycles. The van der Waals surface area contributed by atoms with Crippen LogP contribution >= 0.6 is 0 Å². The van der Waals surface area contributed by atoms with E-state index in [2.05, 4.69) is 5.32 Å². The molecule has 1 heterocycles. The molecule has 4 nitrogen and oxygen atoms in total. The van der Waals surface area contributed by atoms with Gasteiger partial charge in [0.15, 0.2) is 0 Å². The number of alkyl halides is 3. The molecule has 18 heavy (non-hydrogen) atoms. The summed E-state index contributed by atoms with van der Waals surface area (Å²) in [5.41, 5.74) is 0. The van der Waals surface area contributed by atoms with Gasteiger partial charge in [-0.05, 0) is 26.2 Å². The predicted molar refractivity (Wildman–Crippen MR) is 60.1 cm³/mol. The smallest absolute Gasteiger partial charge is 0.378 e. The van der Waals surface area contributed by atoms with Crippen molar-refractivity contribution in [1.82, 2.24) is 10.6 Å². The Hall–Kier alpha value is -0.820. The molecule has 0 spiro atoms. The molecule has 0 aromatic heterocycles. The van der Waals surface area contributed by atoms with Gasteiger partial charge in [-0.3, -0.25) is 4.79 Å². The van der Waals surface area contributed by atoms with Gasteiger partial charge in [-0.25, -0.2) is 0 Å². The van der Waals surface area contributed by atoms with E-state index in [0.717, 1.165) is 6.42 Å². The molecule has 1 aliphatic heterocycles. The molecule has 0 saturated carbocycles. The summed E-state index contributed by atoms with van der Waals surface area (Å²) in [4.78, 5) is 11.4. The summed E-state index contributed by atoms with van der Waals surface area (Å²) in [5, 5.41) is 4.78. The summed E-state index contributed by atoms with van der Waals surface area (Å²) < 4.78 is 41.1. The highest BCUT2D eigenvalue weighted by molar-refractivity contribution is 5.81. The minimum absolute atomic E-state index is 0.128. The predicted octanol–water partition coefficient (Wildman–Crippen LogP) is 1.07. The topological polar surface area (TPSA) is 50.4 Å². The van der Waals surface area contributed by atoms with Crippen LogP contribution in [-0.2, 0) is 9.53 Å². The lowest BCUT2D eigenvalue weighted by molar-refractivity contribution is -0.139. The van der Waals surface area contributed by atoms with Gasteiger partial charge in [-0.2, -0.15) is 13.2 Å². The van der Waals surface area contributed by atoms with Gasteiger partial charge in [-0.15, -0.1) is 0 Å². The van der Waals surface area contributed by atoms with E-state index >= 15 is 0 Å². The van der Waals surface area contributed by atoms with E-state index < -0.39 is 24.7 Å². The summed E-state index contributed by atoms with van der Waals surface area (Å²) >= 11 is 0. The Balaban J connectivity index is 2.23.